The molecule has 0 aliphatic heterocycles. The number of benzene rings is 1. The monoisotopic (exact) mass is 287 g/mol. The fourth-order valence-electron chi connectivity index (χ4n) is 0.732. The zero-order valence-electron chi connectivity index (χ0n) is 6.47. The summed E-state index contributed by atoms with van der Waals surface area (Å²) >= 11 is 0. The maximum absolute atomic E-state index is 10.1. The van der Waals surface area contributed by atoms with Crippen molar-refractivity contribution < 1.29 is 45.5 Å². The van der Waals surface area contributed by atoms with Gasteiger partial charge >= 0.3 is 5.97 Å². The van der Waals surface area contributed by atoms with Crippen molar-refractivity contribution in [2.24, 2.45) is 0 Å². The van der Waals surface area contributed by atoms with E-state index in [0.29, 0.717) is 0 Å². The molecule has 1 aromatic carbocycles. The van der Waals surface area contributed by atoms with Crippen molar-refractivity contribution in [1.29, 1.82) is 0 Å². The number of hydrogen-bond acceptors (Lipinski definition) is 1. The molecule has 0 saturated carbocycles. The Labute approximate surface area is 98.9 Å². The van der Waals surface area contributed by atoms with E-state index in [9.17, 15) is 4.79 Å². The Kier molecular flexibility index (Phi) is 5.98. The number of carbonyl (C=O) groups is 1. The zero-order valence-corrected chi connectivity index (χ0v) is 10.1. The summed E-state index contributed by atoms with van der Waals surface area (Å²) in [5, 5.41) is 8.29. The largest absolute Gasteiger partial charge is 0.478 e. The minimum atomic E-state index is -0.922. The summed E-state index contributed by atoms with van der Waals surface area (Å²) < 4.78 is 0. The Morgan fingerprint density at radius 2 is 1.83 bits per heavy atom. The van der Waals surface area contributed by atoms with Crippen molar-refractivity contribution in [3.8, 4) is 0 Å². The molecule has 0 aromatic heterocycles. The zero-order chi connectivity index (χ0) is 8.10. The van der Waals surface area contributed by atoms with E-state index in [1.54, 1.807) is 6.08 Å². The molecule has 3 heteroatoms. The first kappa shape index (κ1) is 11.6. The van der Waals surface area contributed by atoms with Crippen LogP contribution in [-0.4, -0.2) is 11.1 Å². The first-order valence-electron chi connectivity index (χ1n) is 3.25. The molecule has 0 unspecified atom stereocenters. The quantitative estimate of drug-likeness (QED) is 0.842. The van der Waals surface area contributed by atoms with Gasteiger partial charge in [0.1, 0.15) is 0 Å². The van der Waals surface area contributed by atoms with Crippen LogP contribution in [0.15, 0.2) is 36.4 Å². The van der Waals surface area contributed by atoms with Crippen molar-refractivity contribution in [2.45, 2.75) is 0 Å². The maximum Gasteiger partial charge on any atom is 0.328 e. The standard InChI is InChI=1S/C9H8O2.La/c10-9(11)7-6-8-4-2-1-3-5-8;/h1-7H,(H,10,11);. The van der Waals surface area contributed by atoms with Crippen LogP contribution in [0.2, 0.25) is 0 Å². The van der Waals surface area contributed by atoms with E-state index in [0.717, 1.165) is 11.6 Å². The third kappa shape index (κ3) is 4.49. The summed E-state index contributed by atoms with van der Waals surface area (Å²) in [4.78, 5) is 10.1. The van der Waals surface area contributed by atoms with E-state index in [1.165, 1.54) is 0 Å². The van der Waals surface area contributed by atoms with Gasteiger partial charge < -0.3 is 5.11 Å². The van der Waals surface area contributed by atoms with Crippen molar-refractivity contribution in [3.05, 3.63) is 42.0 Å². The molecule has 1 N–H and O–H groups in total. The van der Waals surface area contributed by atoms with Crippen LogP contribution in [0.1, 0.15) is 5.56 Å². The Bertz CT molecular complexity index is 267. The molecule has 2 nitrogen and oxygen atoms in total. The molecule has 0 aliphatic rings. The van der Waals surface area contributed by atoms with Gasteiger partial charge in [0.05, 0.1) is 0 Å². The molecular formula is C9H8LaO2. The Balaban J connectivity index is 0.00000121. The van der Waals surface area contributed by atoms with Crippen LogP contribution in [0.25, 0.3) is 6.08 Å². The molecule has 12 heavy (non-hydrogen) atoms. The Morgan fingerprint density at radius 3 is 2.33 bits per heavy atom. The fraction of sp³-hybridized carbons (Fsp3) is 0. The minimum absolute atomic E-state index is 0. The van der Waals surface area contributed by atoms with Gasteiger partial charge in [-0.1, -0.05) is 30.3 Å². The summed E-state index contributed by atoms with van der Waals surface area (Å²) in [6, 6.07) is 9.31. The van der Waals surface area contributed by atoms with Crippen molar-refractivity contribution in [3.63, 3.8) is 0 Å². The third-order valence-electron chi connectivity index (χ3n) is 1.22. The second kappa shape index (κ2) is 6.18. The molecule has 1 radical (unpaired) electrons. The normalized spacial score (nSPS) is 9.33. The minimum Gasteiger partial charge on any atom is -0.478 e. The van der Waals surface area contributed by atoms with Crippen LogP contribution in [-0.2, 0) is 4.79 Å². The topological polar surface area (TPSA) is 37.3 Å². The molecule has 0 atom stereocenters. The van der Waals surface area contributed by atoms with E-state index in [-0.39, 0.29) is 35.6 Å². The summed E-state index contributed by atoms with van der Waals surface area (Å²) in [6.45, 7) is 0. The van der Waals surface area contributed by atoms with Gasteiger partial charge in [-0.2, -0.15) is 0 Å². The van der Waals surface area contributed by atoms with Crippen LogP contribution >= 0.6 is 0 Å². The molecule has 0 spiro atoms. The summed E-state index contributed by atoms with van der Waals surface area (Å²) in [5.74, 6) is -0.922. The van der Waals surface area contributed by atoms with Crippen LogP contribution < -0.4 is 0 Å². The van der Waals surface area contributed by atoms with Crippen molar-refractivity contribution in [1.82, 2.24) is 0 Å². The number of carboxylic acid groups (broad SMARTS) is 1. The predicted octanol–water partition coefficient (Wildman–Crippen LogP) is 1.78. The molecule has 0 aliphatic carbocycles. The maximum atomic E-state index is 10.1. The SMILES string of the molecule is O=C(O)C=Cc1ccccc1.[La]. The van der Waals surface area contributed by atoms with Crippen LogP contribution in [0.5, 0.6) is 0 Å². The third-order valence-corrected chi connectivity index (χ3v) is 1.22. The molecule has 0 amide bonds. The molecule has 0 saturated heterocycles. The fourth-order valence-corrected chi connectivity index (χ4v) is 0.732. The van der Waals surface area contributed by atoms with Crippen LogP contribution in [0.3, 0.4) is 0 Å². The summed E-state index contributed by atoms with van der Waals surface area (Å²) in [5.41, 5.74) is 0.898. The van der Waals surface area contributed by atoms with Gasteiger partial charge in [0.15, 0.2) is 0 Å². The molecule has 0 heterocycles. The van der Waals surface area contributed by atoms with Crippen molar-refractivity contribution in [2.75, 3.05) is 0 Å². The molecular weight excluding hydrogens is 279 g/mol. The van der Waals surface area contributed by atoms with E-state index in [2.05, 4.69) is 0 Å². The van der Waals surface area contributed by atoms with E-state index in [1.807, 2.05) is 30.3 Å². The van der Waals surface area contributed by atoms with Gasteiger partial charge in [0.25, 0.3) is 0 Å². The average Bonchev–Trinajstić information content (AvgIpc) is 2.03. The molecule has 0 bridgehead atoms. The second-order valence-corrected chi connectivity index (χ2v) is 2.08. The van der Waals surface area contributed by atoms with E-state index >= 15 is 0 Å². The van der Waals surface area contributed by atoms with Crippen LogP contribution in [0.4, 0.5) is 0 Å². The number of carboxylic acids is 1. The Hall–Kier alpha value is -0.375. The number of rotatable bonds is 2. The summed E-state index contributed by atoms with van der Waals surface area (Å²) in [7, 11) is 0. The van der Waals surface area contributed by atoms with Gasteiger partial charge in [0, 0.05) is 41.7 Å². The Morgan fingerprint density at radius 1 is 1.25 bits per heavy atom. The molecule has 1 rings (SSSR count). The summed E-state index contributed by atoms with van der Waals surface area (Å²) in [6.07, 6.45) is 2.68. The van der Waals surface area contributed by atoms with Crippen molar-refractivity contribution >= 4 is 12.0 Å². The smallest absolute Gasteiger partial charge is 0.328 e. The van der Waals surface area contributed by atoms with Gasteiger partial charge in [-0.3, -0.25) is 0 Å². The molecule has 0 fully saturated rings. The van der Waals surface area contributed by atoms with Gasteiger partial charge in [0.2, 0.25) is 0 Å². The average molecular weight is 287 g/mol. The number of aliphatic carboxylic acids is 1. The number of hydrogen-bond donors (Lipinski definition) is 1. The van der Waals surface area contributed by atoms with Gasteiger partial charge in [-0.25, -0.2) is 4.79 Å². The van der Waals surface area contributed by atoms with Gasteiger partial charge in [-0.15, -0.1) is 0 Å². The van der Waals surface area contributed by atoms with E-state index in [4.69, 9.17) is 5.11 Å². The first-order valence-corrected chi connectivity index (χ1v) is 3.25. The second-order valence-electron chi connectivity index (χ2n) is 2.08. The predicted molar refractivity (Wildman–Crippen MR) is 43.1 cm³/mol. The van der Waals surface area contributed by atoms with E-state index < -0.39 is 5.97 Å². The first-order chi connectivity index (χ1) is 5.29. The molecule has 1 aromatic rings. The molecule has 59 valence electrons. The van der Waals surface area contributed by atoms with Crippen LogP contribution in [0, 0.1) is 35.6 Å². The van der Waals surface area contributed by atoms with Gasteiger partial charge in [-0.05, 0) is 11.6 Å².